The summed E-state index contributed by atoms with van der Waals surface area (Å²) >= 11 is 0. The Labute approximate surface area is 114 Å². The average Bonchev–Trinajstić information content (AvgIpc) is 2.34. The lowest BCUT2D eigenvalue weighted by Crippen LogP contribution is -2.14. The summed E-state index contributed by atoms with van der Waals surface area (Å²) in [6.45, 7) is 1.54. The highest BCUT2D eigenvalue weighted by Gasteiger charge is 2.13. The van der Waals surface area contributed by atoms with Gasteiger partial charge >= 0.3 is 0 Å². The van der Waals surface area contributed by atoms with Gasteiger partial charge in [-0.15, -0.1) is 0 Å². The van der Waals surface area contributed by atoms with Crippen LogP contribution in [0.15, 0.2) is 24.4 Å². The maximum atomic E-state index is 10.4. The zero-order chi connectivity index (χ0) is 14.0. The summed E-state index contributed by atoms with van der Waals surface area (Å²) in [4.78, 5) is 8.50. The maximum Gasteiger partial charge on any atom is 0.146 e. The average molecular weight is 259 g/mol. The van der Waals surface area contributed by atoms with Crippen LogP contribution >= 0.6 is 0 Å². The van der Waals surface area contributed by atoms with Gasteiger partial charge in [0.2, 0.25) is 0 Å². The number of aromatic hydroxyl groups is 1. The predicted octanol–water partition coefficient (Wildman–Crippen LogP) is 2.06. The van der Waals surface area contributed by atoms with Gasteiger partial charge in [-0.1, -0.05) is 6.07 Å². The Balaban J connectivity index is 2.61. The first-order valence-corrected chi connectivity index (χ1v) is 6.37. The molecule has 1 aromatic heterocycles. The standard InChI is InChI=1S/C15H21N3O/c1-17(2)9-11-8-12(10-18(3)4)15(19)14-13(11)6-5-7-16-14/h5-8,19H,9-10H2,1-4H3. The zero-order valence-electron chi connectivity index (χ0n) is 12.0. The van der Waals surface area contributed by atoms with E-state index in [1.165, 1.54) is 5.56 Å². The second-order valence-corrected chi connectivity index (χ2v) is 5.42. The Hall–Kier alpha value is -1.65. The molecule has 19 heavy (non-hydrogen) atoms. The molecule has 0 unspecified atom stereocenters. The fourth-order valence-electron chi connectivity index (χ4n) is 2.29. The van der Waals surface area contributed by atoms with Crippen molar-refractivity contribution in [1.82, 2.24) is 14.8 Å². The molecule has 1 aromatic carbocycles. The highest BCUT2D eigenvalue weighted by Crippen LogP contribution is 2.31. The van der Waals surface area contributed by atoms with E-state index in [-0.39, 0.29) is 0 Å². The Kier molecular flexibility index (Phi) is 4.02. The molecule has 102 valence electrons. The third kappa shape index (κ3) is 3.03. The molecule has 0 aliphatic heterocycles. The van der Waals surface area contributed by atoms with Gasteiger partial charge in [-0.25, -0.2) is 0 Å². The topological polar surface area (TPSA) is 39.6 Å². The minimum Gasteiger partial charge on any atom is -0.505 e. The van der Waals surface area contributed by atoms with E-state index in [0.717, 1.165) is 17.5 Å². The van der Waals surface area contributed by atoms with Crippen molar-refractivity contribution in [3.05, 3.63) is 35.5 Å². The minimum absolute atomic E-state index is 0.298. The van der Waals surface area contributed by atoms with Gasteiger partial charge in [0.25, 0.3) is 0 Å². The van der Waals surface area contributed by atoms with Crippen LogP contribution in [0.4, 0.5) is 0 Å². The highest BCUT2D eigenvalue weighted by molar-refractivity contribution is 5.88. The van der Waals surface area contributed by atoms with E-state index in [2.05, 4.69) is 16.0 Å². The number of aromatic nitrogens is 1. The molecule has 4 nitrogen and oxygen atoms in total. The number of nitrogens with zero attached hydrogens (tertiary/aromatic N) is 3. The molecule has 0 aliphatic carbocycles. The van der Waals surface area contributed by atoms with E-state index >= 15 is 0 Å². The molecule has 0 saturated heterocycles. The molecule has 0 spiro atoms. The van der Waals surface area contributed by atoms with E-state index in [4.69, 9.17) is 0 Å². The van der Waals surface area contributed by atoms with Crippen molar-refractivity contribution in [2.24, 2.45) is 0 Å². The number of phenolic OH excluding ortho intramolecular Hbond substituents is 1. The van der Waals surface area contributed by atoms with Gasteiger partial charge in [-0.3, -0.25) is 4.98 Å². The van der Waals surface area contributed by atoms with Crippen molar-refractivity contribution in [2.75, 3.05) is 28.2 Å². The van der Waals surface area contributed by atoms with Gasteiger partial charge in [0, 0.05) is 30.2 Å². The number of pyridine rings is 1. The smallest absolute Gasteiger partial charge is 0.146 e. The Bertz CT molecular complexity index is 579. The van der Waals surface area contributed by atoms with Crippen LogP contribution in [0, 0.1) is 0 Å². The number of benzene rings is 1. The molecule has 1 heterocycles. The van der Waals surface area contributed by atoms with Crippen LogP contribution in [-0.2, 0) is 13.1 Å². The molecular formula is C15H21N3O. The molecule has 2 aromatic rings. The third-order valence-corrected chi connectivity index (χ3v) is 3.00. The predicted molar refractivity (Wildman–Crippen MR) is 78.2 cm³/mol. The lowest BCUT2D eigenvalue weighted by molar-refractivity contribution is 0.384. The fraction of sp³-hybridized carbons (Fsp3) is 0.400. The number of fused-ring (bicyclic) bond motifs is 1. The summed E-state index contributed by atoms with van der Waals surface area (Å²) < 4.78 is 0. The molecule has 0 fully saturated rings. The fourth-order valence-corrected chi connectivity index (χ4v) is 2.29. The quantitative estimate of drug-likeness (QED) is 0.912. The molecule has 0 saturated carbocycles. The first-order chi connectivity index (χ1) is 8.99. The summed E-state index contributed by atoms with van der Waals surface area (Å²) in [6.07, 6.45) is 1.72. The lowest BCUT2D eigenvalue weighted by Gasteiger charge is -2.17. The second kappa shape index (κ2) is 5.55. The van der Waals surface area contributed by atoms with Crippen LogP contribution in [0.3, 0.4) is 0 Å². The molecule has 0 aliphatic rings. The second-order valence-electron chi connectivity index (χ2n) is 5.42. The monoisotopic (exact) mass is 259 g/mol. The Morgan fingerprint density at radius 3 is 2.32 bits per heavy atom. The number of hydrogen-bond donors (Lipinski definition) is 1. The van der Waals surface area contributed by atoms with Crippen molar-refractivity contribution >= 4 is 10.9 Å². The molecule has 4 heteroatoms. The van der Waals surface area contributed by atoms with E-state index in [9.17, 15) is 5.11 Å². The lowest BCUT2D eigenvalue weighted by atomic mass is 10.0. The zero-order valence-corrected chi connectivity index (χ0v) is 12.0. The normalized spacial score (nSPS) is 11.7. The van der Waals surface area contributed by atoms with Gasteiger partial charge in [0.1, 0.15) is 11.3 Å². The summed E-state index contributed by atoms with van der Waals surface area (Å²) in [5.41, 5.74) is 2.81. The number of hydrogen-bond acceptors (Lipinski definition) is 4. The highest BCUT2D eigenvalue weighted by atomic mass is 16.3. The molecule has 0 atom stereocenters. The summed E-state index contributed by atoms with van der Waals surface area (Å²) in [6, 6.07) is 6.01. The summed E-state index contributed by atoms with van der Waals surface area (Å²) in [5, 5.41) is 11.4. The first-order valence-electron chi connectivity index (χ1n) is 6.37. The van der Waals surface area contributed by atoms with Crippen LogP contribution < -0.4 is 0 Å². The van der Waals surface area contributed by atoms with Crippen LogP contribution in [0.25, 0.3) is 10.9 Å². The van der Waals surface area contributed by atoms with Gasteiger partial charge in [-0.05, 0) is 45.9 Å². The molecule has 1 N–H and O–H groups in total. The van der Waals surface area contributed by atoms with Crippen molar-refractivity contribution in [3.63, 3.8) is 0 Å². The molecule has 0 amide bonds. The van der Waals surface area contributed by atoms with Crippen molar-refractivity contribution in [2.45, 2.75) is 13.1 Å². The van der Waals surface area contributed by atoms with E-state index < -0.39 is 0 Å². The molecule has 0 radical (unpaired) electrons. The van der Waals surface area contributed by atoms with Crippen LogP contribution in [0.1, 0.15) is 11.1 Å². The number of phenols is 1. The van der Waals surface area contributed by atoms with E-state index in [1.54, 1.807) is 6.20 Å². The van der Waals surface area contributed by atoms with Gasteiger partial charge in [-0.2, -0.15) is 0 Å². The summed E-state index contributed by atoms with van der Waals surface area (Å²) in [7, 11) is 8.07. The van der Waals surface area contributed by atoms with E-state index in [0.29, 0.717) is 17.8 Å². The third-order valence-electron chi connectivity index (χ3n) is 3.00. The minimum atomic E-state index is 0.298. The molecule has 0 bridgehead atoms. The number of rotatable bonds is 4. The largest absolute Gasteiger partial charge is 0.505 e. The van der Waals surface area contributed by atoms with Crippen molar-refractivity contribution in [1.29, 1.82) is 0 Å². The van der Waals surface area contributed by atoms with Crippen LogP contribution in [-0.4, -0.2) is 48.1 Å². The maximum absolute atomic E-state index is 10.4. The van der Waals surface area contributed by atoms with Gasteiger partial charge in [0.15, 0.2) is 0 Å². The molecule has 2 rings (SSSR count). The van der Waals surface area contributed by atoms with Crippen LogP contribution in [0.2, 0.25) is 0 Å². The Morgan fingerprint density at radius 1 is 1.05 bits per heavy atom. The van der Waals surface area contributed by atoms with Crippen molar-refractivity contribution < 1.29 is 5.11 Å². The SMILES string of the molecule is CN(C)Cc1cc(CN(C)C)c2cccnc2c1O. The van der Waals surface area contributed by atoms with Crippen LogP contribution in [0.5, 0.6) is 5.75 Å². The van der Waals surface area contributed by atoms with Gasteiger partial charge < -0.3 is 14.9 Å². The molecular weight excluding hydrogens is 238 g/mol. The van der Waals surface area contributed by atoms with E-state index in [1.807, 2.05) is 45.2 Å². The van der Waals surface area contributed by atoms with Crippen molar-refractivity contribution in [3.8, 4) is 5.75 Å². The first kappa shape index (κ1) is 13.8. The van der Waals surface area contributed by atoms with Gasteiger partial charge in [0.05, 0.1) is 0 Å². The Morgan fingerprint density at radius 2 is 1.68 bits per heavy atom. The summed E-state index contributed by atoms with van der Waals surface area (Å²) in [5.74, 6) is 0.298.